The first-order valence-electron chi connectivity index (χ1n) is 7.94. The Balaban J connectivity index is 1.83. The summed E-state index contributed by atoms with van der Waals surface area (Å²) in [5.74, 6) is 0.340. The van der Waals surface area contributed by atoms with E-state index in [-0.39, 0.29) is 11.8 Å². The van der Waals surface area contributed by atoms with Crippen molar-refractivity contribution in [1.29, 1.82) is 5.26 Å². The Morgan fingerprint density at radius 2 is 2.04 bits per heavy atom. The highest BCUT2D eigenvalue weighted by molar-refractivity contribution is 7.99. The summed E-state index contributed by atoms with van der Waals surface area (Å²) in [5.41, 5.74) is 1.77. The topological polar surface area (TPSA) is 96.5 Å². The van der Waals surface area contributed by atoms with Gasteiger partial charge >= 0.3 is 0 Å². The SMILES string of the molecule is C[C@@H](C#N)CSc1ccccc1NC(=O)c1ccccc1-n1cnnn1. The number of carbonyl (C=O) groups is 1. The van der Waals surface area contributed by atoms with Crippen LogP contribution < -0.4 is 5.32 Å². The van der Waals surface area contributed by atoms with Crippen LogP contribution in [0.5, 0.6) is 0 Å². The van der Waals surface area contributed by atoms with Crippen molar-refractivity contribution in [3.63, 3.8) is 0 Å². The molecule has 130 valence electrons. The number of aromatic nitrogens is 4. The van der Waals surface area contributed by atoms with Crippen molar-refractivity contribution in [2.75, 3.05) is 11.1 Å². The summed E-state index contributed by atoms with van der Waals surface area (Å²) in [5, 5.41) is 23.0. The fourth-order valence-electron chi connectivity index (χ4n) is 2.27. The number of anilines is 1. The second-order valence-corrected chi connectivity index (χ2v) is 6.62. The summed E-state index contributed by atoms with van der Waals surface area (Å²) < 4.78 is 1.45. The molecule has 3 aromatic rings. The van der Waals surface area contributed by atoms with Crippen LogP contribution in [0.15, 0.2) is 59.8 Å². The van der Waals surface area contributed by atoms with Crippen molar-refractivity contribution in [2.45, 2.75) is 11.8 Å². The Morgan fingerprint density at radius 1 is 1.27 bits per heavy atom. The minimum absolute atomic E-state index is 0.0655. The Morgan fingerprint density at radius 3 is 2.81 bits per heavy atom. The second-order valence-electron chi connectivity index (χ2n) is 5.56. The number of hydrogen-bond donors (Lipinski definition) is 1. The van der Waals surface area contributed by atoms with Crippen LogP contribution in [0.4, 0.5) is 5.69 Å². The van der Waals surface area contributed by atoms with Crippen molar-refractivity contribution >= 4 is 23.4 Å². The Kier molecular flexibility index (Phi) is 5.61. The van der Waals surface area contributed by atoms with Crippen molar-refractivity contribution in [3.8, 4) is 11.8 Å². The van der Waals surface area contributed by atoms with Gasteiger partial charge in [0.05, 0.1) is 28.9 Å². The monoisotopic (exact) mass is 364 g/mol. The fourth-order valence-corrected chi connectivity index (χ4v) is 3.23. The predicted octanol–water partition coefficient (Wildman–Crippen LogP) is 3.17. The van der Waals surface area contributed by atoms with E-state index in [4.69, 9.17) is 5.26 Å². The van der Waals surface area contributed by atoms with E-state index >= 15 is 0 Å². The molecule has 7 nitrogen and oxygen atoms in total. The molecule has 0 radical (unpaired) electrons. The Bertz CT molecular complexity index is 935. The maximum atomic E-state index is 12.8. The van der Waals surface area contributed by atoms with Crippen LogP contribution in [-0.4, -0.2) is 31.9 Å². The van der Waals surface area contributed by atoms with E-state index in [2.05, 4.69) is 26.9 Å². The average Bonchev–Trinajstić information content (AvgIpc) is 3.21. The molecule has 26 heavy (non-hydrogen) atoms. The molecule has 0 aliphatic heterocycles. The molecule has 0 spiro atoms. The van der Waals surface area contributed by atoms with E-state index in [1.165, 1.54) is 11.0 Å². The molecule has 3 rings (SSSR count). The van der Waals surface area contributed by atoms with Gasteiger partial charge in [0, 0.05) is 10.6 Å². The van der Waals surface area contributed by atoms with E-state index < -0.39 is 0 Å². The van der Waals surface area contributed by atoms with Gasteiger partial charge in [-0.25, -0.2) is 0 Å². The van der Waals surface area contributed by atoms with E-state index in [9.17, 15) is 4.79 Å². The lowest BCUT2D eigenvalue weighted by Gasteiger charge is -2.13. The van der Waals surface area contributed by atoms with Gasteiger partial charge in [-0.05, 0) is 41.6 Å². The molecule has 1 heterocycles. The van der Waals surface area contributed by atoms with Crippen LogP contribution in [0, 0.1) is 17.2 Å². The molecule has 0 unspecified atom stereocenters. The number of benzene rings is 2. The Labute approximate surface area is 155 Å². The quantitative estimate of drug-likeness (QED) is 0.675. The minimum Gasteiger partial charge on any atom is -0.321 e. The third-order valence-corrected chi connectivity index (χ3v) is 4.92. The van der Waals surface area contributed by atoms with Gasteiger partial charge in [0.1, 0.15) is 6.33 Å². The lowest BCUT2D eigenvalue weighted by Crippen LogP contribution is -2.16. The van der Waals surface area contributed by atoms with Gasteiger partial charge < -0.3 is 5.32 Å². The smallest absolute Gasteiger partial charge is 0.257 e. The van der Waals surface area contributed by atoms with Gasteiger partial charge in [0.2, 0.25) is 0 Å². The van der Waals surface area contributed by atoms with Crippen LogP contribution in [-0.2, 0) is 0 Å². The molecule has 0 saturated carbocycles. The first kappa shape index (κ1) is 17.6. The number of hydrogen-bond acceptors (Lipinski definition) is 6. The van der Waals surface area contributed by atoms with Crippen molar-refractivity contribution in [2.24, 2.45) is 5.92 Å². The molecule has 1 aromatic heterocycles. The molecule has 0 aliphatic carbocycles. The third-order valence-electron chi connectivity index (χ3n) is 3.59. The van der Waals surface area contributed by atoms with Crippen molar-refractivity contribution in [3.05, 3.63) is 60.4 Å². The zero-order chi connectivity index (χ0) is 18.4. The fraction of sp³-hybridized carbons (Fsp3) is 0.167. The van der Waals surface area contributed by atoms with E-state index in [1.54, 1.807) is 30.0 Å². The largest absolute Gasteiger partial charge is 0.321 e. The number of tetrazole rings is 1. The summed E-state index contributed by atoms with van der Waals surface area (Å²) >= 11 is 1.54. The minimum atomic E-state index is -0.252. The van der Waals surface area contributed by atoms with Gasteiger partial charge in [-0.2, -0.15) is 9.94 Å². The molecule has 0 bridgehead atoms. The first-order valence-corrected chi connectivity index (χ1v) is 8.93. The third kappa shape index (κ3) is 4.07. The Hall–Kier alpha value is -3.18. The number of para-hydroxylation sites is 2. The first-order chi connectivity index (χ1) is 12.7. The zero-order valence-electron chi connectivity index (χ0n) is 14.0. The molecule has 0 saturated heterocycles. The number of nitrogens with one attached hydrogen (secondary N) is 1. The number of rotatable bonds is 6. The van der Waals surface area contributed by atoms with E-state index in [0.717, 1.165) is 4.90 Å². The average molecular weight is 364 g/mol. The molecule has 0 fully saturated rings. The molecule has 8 heteroatoms. The standard InChI is InChI=1S/C18H16N6OS/c1-13(10-19)11-26-17-9-5-3-7-15(17)21-18(25)14-6-2-4-8-16(14)24-12-20-22-23-24/h2-9,12-13H,11H2,1H3,(H,21,25)/t13-/m0/s1. The second kappa shape index (κ2) is 8.27. The number of amides is 1. The highest BCUT2D eigenvalue weighted by atomic mass is 32.2. The van der Waals surface area contributed by atoms with Gasteiger partial charge in [-0.15, -0.1) is 16.9 Å². The van der Waals surface area contributed by atoms with Gasteiger partial charge in [-0.1, -0.05) is 24.3 Å². The molecule has 2 aromatic carbocycles. The highest BCUT2D eigenvalue weighted by Crippen LogP contribution is 2.29. The number of thioether (sulfide) groups is 1. The maximum Gasteiger partial charge on any atom is 0.257 e. The van der Waals surface area contributed by atoms with Gasteiger partial charge in [0.15, 0.2) is 0 Å². The maximum absolute atomic E-state index is 12.8. The normalized spacial score (nSPS) is 11.5. The summed E-state index contributed by atoms with van der Waals surface area (Å²) in [6, 6.07) is 16.9. The van der Waals surface area contributed by atoms with Crippen LogP contribution in [0.2, 0.25) is 0 Å². The number of nitrogens with zero attached hydrogens (tertiary/aromatic N) is 5. The summed E-state index contributed by atoms with van der Waals surface area (Å²) in [6.07, 6.45) is 1.44. The molecule has 0 aliphatic rings. The van der Waals surface area contributed by atoms with Crippen LogP contribution in [0.1, 0.15) is 17.3 Å². The van der Waals surface area contributed by atoms with E-state index in [0.29, 0.717) is 22.7 Å². The molecule has 1 N–H and O–H groups in total. The van der Waals surface area contributed by atoms with Gasteiger partial charge in [0.25, 0.3) is 5.91 Å². The lowest BCUT2D eigenvalue weighted by atomic mass is 10.1. The number of carbonyl (C=O) groups excluding carboxylic acids is 1. The summed E-state index contributed by atoms with van der Waals surface area (Å²) in [4.78, 5) is 13.7. The molecule has 1 atom stereocenters. The predicted molar refractivity (Wildman–Crippen MR) is 99.1 cm³/mol. The van der Waals surface area contributed by atoms with Crippen molar-refractivity contribution < 1.29 is 4.79 Å². The lowest BCUT2D eigenvalue weighted by molar-refractivity contribution is 0.102. The van der Waals surface area contributed by atoms with E-state index in [1.807, 2.05) is 37.3 Å². The van der Waals surface area contributed by atoms with Crippen LogP contribution in [0.25, 0.3) is 5.69 Å². The van der Waals surface area contributed by atoms with Crippen LogP contribution in [0.3, 0.4) is 0 Å². The van der Waals surface area contributed by atoms with Crippen molar-refractivity contribution in [1.82, 2.24) is 20.2 Å². The molecular formula is C18H16N6OS. The van der Waals surface area contributed by atoms with Crippen LogP contribution >= 0.6 is 11.8 Å². The summed E-state index contributed by atoms with van der Waals surface area (Å²) in [6.45, 7) is 1.87. The highest BCUT2D eigenvalue weighted by Gasteiger charge is 2.15. The number of nitriles is 1. The molecule has 1 amide bonds. The molecular weight excluding hydrogens is 348 g/mol. The summed E-state index contributed by atoms with van der Waals surface area (Å²) in [7, 11) is 0. The van der Waals surface area contributed by atoms with Gasteiger partial charge in [-0.3, -0.25) is 4.79 Å². The zero-order valence-corrected chi connectivity index (χ0v) is 14.8.